The zero-order chi connectivity index (χ0) is 12.4. The van der Waals surface area contributed by atoms with E-state index in [2.05, 4.69) is 18.9 Å². The summed E-state index contributed by atoms with van der Waals surface area (Å²) in [7, 11) is 0. The normalized spacial score (nSPS) is 11.2. The SMILES string of the molecule is CC(C)Cn1cc2cc(CC(N)=O)ccc2n1. The molecule has 0 spiro atoms. The van der Waals surface area contributed by atoms with Gasteiger partial charge < -0.3 is 5.73 Å². The van der Waals surface area contributed by atoms with Gasteiger partial charge in [0.05, 0.1) is 11.9 Å². The quantitative estimate of drug-likeness (QED) is 0.871. The number of amides is 1. The lowest BCUT2D eigenvalue weighted by Gasteiger charge is -2.02. The molecule has 0 aliphatic rings. The molecular weight excluding hydrogens is 214 g/mol. The van der Waals surface area contributed by atoms with Crippen LogP contribution in [0.5, 0.6) is 0 Å². The highest BCUT2D eigenvalue weighted by atomic mass is 16.1. The number of carbonyl (C=O) groups excluding carboxylic acids is 1. The van der Waals surface area contributed by atoms with Crippen LogP contribution in [0.1, 0.15) is 19.4 Å². The van der Waals surface area contributed by atoms with Crippen molar-refractivity contribution in [1.29, 1.82) is 0 Å². The van der Waals surface area contributed by atoms with Crippen LogP contribution in [0.2, 0.25) is 0 Å². The first-order valence-corrected chi connectivity index (χ1v) is 5.79. The van der Waals surface area contributed by atoms with Crippen LogP contribution in [0.25, 0.3) is 10.9 Å². The lowest BCUT2D eigenvalue weighted by molar-refractivity contribution is -0.117. The number of hydrogen-bond acceptors (Lipinski definition) is 2. The van der Waals surface area contributed by atoms with Crippen LogP contribution >= 0.6 is 0 Å². The Hall–Kier alpha value is -1.84. The van der Waals surface area contributed by atoms with Crippen LogP contribution in [0.15, 0.2) is 24.4 Å². The van der Waals surface area contributed by atoms with Gasteiger partial charge in [0.25, 0.3) is 0 Å². The van der Waals surface area contributed by atoms with Gasteiger partial charge >= 0.3 is 0 Å². The average molecular weight is 231 g/mol. The minimum atomic E-state index is -0.307. The molecule has 0 radical (unpaired) electrons. The van der Waals surface area contributed by atoms with Crippen molar-refractivity contribution in [1.82, 2.24) is 9.78 Å². The Morgan fingerprint density at radius 3 is 2.88 bits per heavy atom. The monoisotopic (exact) mass is 231 g/mol. The second kappa shape index (κ2) is 4.57. The Balaban J connectivity index is 2.30. The first-order chi connectivity index (χ1) is 8.04. The van der Waals surface area contributed by atoms with E-state index in [1.165, 1.54) is 0 Å². The fourth-order valence-corrected chi connectivity index (χ4v) is 1.91. The molecule has 0 unspecified atom stereocenters. The van der Waals surface area contributed by atoms with E-state index in [0.29, 0.717) is 5.92 Å². The summed E-state index contributed by atoms with van der Waals surface area (Å²) in [6.07, 6.45) is 2.30. The van der Waals surface area contributed by atoms with Crippen molar-refractivity contribution in [2.24, 2.45) is 11.7 Å². The van der Waals surface area contributed by atoms with Crippen molar-refractivity contribution < 1.29 is 4.79 Å². The molecule has 0 aliphatic heterocycles. The summed E-state index contributed by atoms with van der Waals surface area (Å²) < 4.78 is 1.95. The Morgan fingerprint density at radius 1 is 1.47 bits per heavy atom. The number of nitrogens with two attached hydrogens (primary N) is 1. The molecule has 0 saturated heterocycles. The molecule has 0 fully saturated rings. The highest BCUT2D eigenvalue weighted by molar-refractivity contribution is 5.82. The predicted molar refractivity (Wildman–Crippen MR) is 67.5 cm³/mol. The second-order valence-electron chi connectivity index (χ2n) is 4.78. The van der Waals surface area contributed by atoms with Gasteiger partial charge in [-0.1, -0.05) is 19.9 Å². The Morgan fingerprint density at radius 2 is 2.24 bits per heavy atom. The Kier molecular flexibility index (Phi) is 3.13. The summed E-state index contributed by atoms with van der Waals surface area (Å²) in [5.41, 5.74) is 7.08. The molecule has 90 valence electrons. The first kappa shape index (κ1) is 11.6. The number of benzene rings is 1. The predicted octanol–water partition coefficient (Wildman–Crippen LogP) is 1.72. The minimum Gasteiger partial charge on any atom is -0.369 e. The van der Waals surface area contributed by atoms with Crippen LogP contribution in [-0.2, 0) is 17.8 Å². The third kappa shape index (κ3) is 2.84. The van der Waals surface area contributed by atoms with E-state index in [9.17, 15) is 4.79 Å². The summed E-state index contributed by atoms with van der Waals surface area (Å²) in [4.78, 5) is 10.9. The first-order valence-electron chi connectivity index (χ1n) is 5.79. The van der Waals surface area contributed by atoms with Gasteiger partial charge in [0.15, 0.2) is 0 Å². The molecule has 1 aromatic heterocycles. The van der Waals surface area contributed by atoms with Crippen molar-refractivity contribution in [3.63, 3.8) is 0 Å². The van der Waals surface area contributed by atoms with Crippen molar-refractivity contribution >= 4 is 16.8 Å². The topological polar surface area (TPSA) is 60.9 Å². The standard InChI is InChI=1S/C13H17N3O/c1-9(2)7-16-8-11-5-10(6-13(14)17)3-4-12(11)15-16/h3-5,8-9H,6-7H2,1-2H3,(H2,14,17). The molecule has 1 aromatic carbocycles. The highest BCUT2D eigenvalue weighted by Crippen LogP contribution is 2.15. The van der Waals surface area contributed by atoms with Gasteiger partial charge in [-0.05, 0) is 23.6 Å². The van der Waals surface area contributed by atoms with E-state index >= 15 is 0 Å². The highest BCUT2D eigenvalue weighted by Gasteiger charge is 2.05. The molecule has 17 heavy (non-hydrogen) atoms. The van der Waals surface area contributed by atoms with Crippen LogP contribution in [0.3, 0.4) is 0 Å². The maximum absolute atomic E-state index is 10.9. The summed E-state index contributed by atoms with van der Waals surface area (Å²) in [5, 5.41) is 5.53. The maximum Gasteiger partial charge on any atom is 0.221 e. The molecule has 2 aromatic rings. The zero-order valence-corrected chi connectivity index (χ0v) is 10.2. The Labute approximate surface area is 100 Å². The summed E-state index contributed by atoms with van der Waals surface area (Å²) in [5.74, 6) is 0.258. The summed E-state index contributed by atoms with van der Waals surface area (Å²) in [6, 6.07) is 5.81. The molecule has 2 N–H and O–H groups in total. The molecule has 1 heterocycles. The van der Waals surface area contributed by atoms with Gasteiger partial charge in [0, 0.05) is 18.1 Å². The molecule has 2 rings (SSSR count). The van der Waals surface area contributed by atoms with Gasteiger partial charge in [-0.3, -0.25) is 9.48 Å². The molecule has 0 aliphatic carbocycles. The molecule has 0 saturated carbocycles. The lowest BCUT2D eigenvalue weighted by Crippen LogP contribution is -2.13. The van der Waals surface area contributed by atoms with Gasteiger partial charge in [-0.15, -0.1) is 0 Å². The van der Waals surface area contributed by atoms with E-state index in [4.69, 9.17) is 5.73 Å². The van der Waals surface area contributed by atoms with Crippen LogP contribution in [0.4, 0.5) is 0 Å². The van der Waals surface area contributed by atoms with E-state index in [0.717, 1.165) is 23.0 Å². The van der Waals surface area contributed by atoms with Crippen molar-refractivity contribution in [2.45, 2.75) is 26.8 Å². The van der Waals surface area contributed by atoms with E-state index in [1.54, 1.807) is 0 Å². The van der Waals surface area contributed by atoms with Gasteiger partial charge in [0.2, 0.25) is 5.91 Å². The number of hydrogen-bond donors (Lipinski definition) is 1. The van der Waals surface area contributed by atoms with Gasteiger partial charge in [0.1, 0.15) is 0 Å². The number of primary amides is 1. The average Bonchev–Trinajstić information content (AvgIpc) is 2.56. The van der Waals surface area contributed by atoms with E-state index < -0.39 is 0 Å². The summed E-state index contributed by atoms with van der Waals surface area (Å²) >= 11 is 0. The number of aromatic nitrogens is 2. The number of nitrogens with zero attached hydrogens (tertiary/aromatic N) is 2. The van der Waals surface area contributed by atoms with Crippen molar-refractivity contribution in [3.8, 4) is 0 Å². The summed E-state index contributed by atoms with van der Waals surface area (Å²) in [6.45, 7) is 5.22. The van der Waals surface area contributed by atoms with Crippen LogP contribution < -0.4 is 5.73 Å². The van der Waals surface area contributed by atoms with E-state index in [1.807, 2.05) is 29.1 Å². The molecule has 4 heteroatoms. The largest absolute Gasteiger partial charge is 0.369 e. The molecule has 1 amide bonds. The van der Waals surface area contributed by atoms with Crippen LogP contribution in [-0.4, -0.2) is 15.7 Å². The maximum atomic E-state index is 10.9. The fourth-order valence-electron chi connectivity index (χ4n) is 1.91. The zero-order valence-electron chi connectivity index (χ0n) is 10.2. The third-order valence-corrected chi connectivity index (χ3v) is 2.55. The lowest BCUT2D eigenvalue weighted by atomic mass is 10.1. The van der Waals surface area contributed by atoms with Gasteiger partial charge in [-0.2, -0.15) is 5.10 Å². The molecule has 0 atom stereocenters. The fraction of sp³-hybridized carbons (Fsp3) is 0.385. The van der Waals surface area contributed by atoms with Crippen LogP contribution in [0, 0.1) is 5.92 Å². The smallest absolute Gasteiger partial charge is 0.221 e. The minimum absolute atomic E-state index is 0.283. The molecular formula is C13H17N3O. The number of rotatable bonds is 4. The number of carbonyl (C=O) groups is 1. The third-order valence-electron chi connectivity index (χ3n) is 2.55. The number of fused-ring (bicyclic) bond motifs is 1. The van der Waals surface area contributed by atoms with E-state index in [-0.39, 0.29) is 12.3 Å². The van der Waals surface area contributed by atoms with Crippen molar-refractivity contribution in [2.75, 3.05) is 0 Å². The van der Waals surface area contributed by atoms with Crippen molar-refractivity contribution in [3.05, 3.63) is 30.0 Å². The molecule has 0 bridgehead atoms. The van der Waals surface area contributed by atoms with Gasteiger partial charge in [-0.25, -0.2) is 0 Å². The molecule has 4 nitrogen and oxygen atoms in total. The second-order valence-corrected chi connectivity index (χ2v) is 4.78. The Bertz CT molecular complexity index is 543.